The van der Waals surface area contributed by atoms with Crippen LogP contribution in [0.5, 0.6) is 0 Å². The van der Waals surface area contributed by atoms with Crippen LogP contribution in [0.2, 0.25) is 0 Å². The van der Waals surface area contributed by atoms with Crippen molar-refractivity contribution in [2.45, 2.75) is 97.3 Å². The zero-order valence-electron chi connectivity index (χ0n) is 15.2. The van der Waals surface area contributed by atoms with Crippen LogP contribution in [0.25, 0.3) is 0 Å². The van der Waals surface area contributed by atoms with Gasteiger partial charge in [-0.05, 0) is 19.3 Å². The highest BCUT2D eigenvalue weighted by Crippen LogP contribution is 2.25. The van der Waals surface area contributed by atoms with Gasteiger partial charge in [0.2, 0.25) is 11.8 Å². The molecule has 3 heteroatoms. The molecule has 1 fully saturated rings. The number of unbranched alkanes of at least 4 members (excludes halogenated alkanes) is 9. The summed E-state index contributed by atoms with van der Waals surface area (Å²) in [5.41, 5.74) is 1.18. The van der Waals surface area contributed by atoms with Gasteiger partial charge in [0.25, 0.3) is 0 Å². The monoisotopic (exact) mass is 321 g/mol. The summed E-state index contributed by atoms with van der Waals surface area (Å²) in [6, 6.07) is 0. The predicted octanol–water partition coefficient (Wildman–Crippen LogP) is 5.30. The minimum Gasteiger partial charge on any atom is -0.296 e. The van der Waals surface area contributed by atoms with E-state index in [1.165, 1.54) is 63.4 Å². The van der Waals surface area contributed by atoms with Gasteiger partial charge in [-0.15, -0.1) is 0 Å². The van der Waals surface area contributed by atoms with Crippen molar-refractivity contribution in [3.8, 4) is 0 Å². The second-order valence-electron chi connectivity index (χ2n) is 6.82. The average molecular weight is 322 g/mol. The van der Waals surface area contributed by atoms with Gasteiger partial charge in [-0.3, -0.25) is 14.9 Å². The lowest BCUT2D eigenvalue weighted by Gasteiger charge is -2.11. The van der Waals surface area contributed by atoms with Crippen LogP contribution in [0.15, 0.2) is 11.6 Å². The molecule has 0 saturated carbocycles. The van der Waals surface area contributed by atoms with E-state index < -0.39 is 0 Å². The highest BCUT2D eigenvalue weighted by atomic mass is 16.2. The predicted molar refractivity (Wildman–Crippen MR) is 96.1 cm³/mol. The van der Waals surface area contributed by atoms with E-state index in [2.05, 4.69) is 25.2 Å². The molecule has 0 aliphatic carbocycles. The number of nitrogens with one attached hydrogen (secondary N) is 1. The molecule has 1 rings (SSSR count). The minimum absolute atomic E-state index is 0.0956. The minimum atomic E-state index is -0.194. The Balaban J connectivity index is 2.17. The second-order valence-corrected chi connectivity index (χ2v) is 6.82. The molecule has 1 saturated heterocycles. The standard InChI is InChI=1S/C20H35NO2/c1-3-5-6-7-8-9-10-11-12-13-15-17(14-4-2)18-16-19(22)21-20(18)23/h15,18H,3-14,16H2,1-2H3,(H,21,22,23). The van der Waals surface area contributed by atoms with E-state index in [0.29, 0.717) is 6.42 Å². The van der Waals surface area contributed by atoms with Crippen LogP contribution in [0.1, 0.15) is 97.3 Å². The summed E-state index contributed by atoms with van der Waals surface area (Å²) in [6.07, 6.45) is 17.6. The summed E-state index contributed by atoms with van der Waals surface area (Å²) in [4.78, 5) is 23.2. The largest absolute Gasteiger partial charge is 0.296 e. The molecule has 132 valence electrons. The van der Waals surface area contributed by atoms with Crippen molar-refractivity contribution < 1.29 is 9.59 Å². The second kappa shape index (κ2) is 12.3. The molecule has 3 nitrogen and oxygen atoms in total. The fourth-order valence-corrected chi connectivity index (χ4v) is 3.30. The molecule has 1 aliphatic heterocycles. The summed E-state index contributed by atoms with van der Waals surface area (Å²) in [5, 5.41) is 2.43. The number of carbonyl (C=O) groups is 2. The van der Waals surface area contributed by atoms with Crippen molar-refractivity contribution >= 4 is 11.8 Å². The van der Waals surface area contributed by atoms with Crippen LogP contribution in [0.3, 0.4) is 0 Å². The number of imide groups is 1. The van der Waals surface area contributed by atoms with Gasteiger partial charge < -0.3 is 0 Å². The Morgan fingerprint density at radius 3 is 2.09 bits per heavy atom. The quantitative estimate of drug-likeness (QED) is 0.284. The Bertz CT molecular complexity index is 387. The molecule has 0 spiro atoms. The molecular formula is C20H35NO2. The van der Waals surface area contributed by atoms with Gasteiger partial charge in [0.05, 0.1) is 5.92 Å². The van der Waals surface area contributed by atoms with Crippen LogP contribution >= 0.6 is 0 Å². The third-order valence-electron chi connectivity index (χ3n) is 4.67. The molecule has 0 radical (unpaired) electrons. The fraction of sp³-hybridized carbons (Fsp3) is 0.800. The van der Waals surface area contributed by atoms with Crippen LogP contribution in [-0.2, 0) is 9.59 Å². The first-order chi connectivity index (χ1) is 11.2. The number of hydrogen-bond donors (Lipinski definition) is 1. The number of hydrogen-bond acceptors (Lipinski definition) is 2. The molecular weight excluding hydrogens is 286 g/mol. The first-order valence-corrected chi connectivity index (χ1v) is 9.71. The number of rotatable bonds is 13. The lowest BCUT2D eigenvalue weighted by Crippen LogP contribution is -2.22. The summed E-state index contributed by atoms with van der Waals surface area (Å²) >= 11 is 0. The molecule has 1 atom stereocenters. The molecule has 0 bridgehead atoms. The van der Waals surface area contributed by atoms with Crippen molar-refractivity contribution in [3.05, 3.63) is 11.6 Å². The Morgan fingerprint density at radius 2 is 1.57 bits per heavy atom. The average Bonchev–Trinajstić information content (AvgIpc) is 2.86. The van der Waals surface area contributed by atoms with E-state index in [-0.39, 0.29) is 17.7 Å². The zero-order chi connectivity index (χ0) is 16.9. The van der Waals surface area contributed by atoms with Crippen molar-refractivity contribution in [3.63, 3.8) is 0 Å². The SMILES string of the molecule is CCCCCCCCCCCC=C(CCC)C1CC(=O)NC1=O. The molecule has 1 N–H and O–H groups in total. The van der Waals surface area contributed by atoms with Crippen LogP contribution in [0, 0.1) is 5.92 Å². The molecule has 1 heterocycles. The van der Waals surface area contributed by atoms with Gasteiger partial charge >= 0.3 is 0 Å². The topological polar surface area (TPSA) is 46.2 Å². The maximum absolute atomic E-state index is 11.8. The van der Waals surface area contributed by atoms with Gasteiger partial charge in [0, 0.05) is 6.42 Å². The van der Waals surface area contributed by atoms with E-state index in [1.807, 2.05) is 0 Å². The molecule has 1 aliphatic rings. The van der Waals surface area contributed by atoms with Crippen LogP contribution < -0.4 is 5.32 Å². The fourth-order valence-electron chi connectivity index (χ4n) is 3.30. The summed E-state index contributed by atoms with van der Waals surface area (Å²) < 4.78 is 0. The summed E-state index contributed by atoms with van der Waals surface area (Å²) in [5.74, 6) is -0.409. The van der Waals surface area contributed by atoms with Gasteiger partial charge in [-0.2, -0.15) is 0 Å². The van der Waals surface area contributed by atoms with Gasteiger partial charge in [0.1, 0.15) is 0 Å². The van der Waals surface area contributed by atoms with Crippen molar-refractivity contribution in [1.82, 2.24) is 5.32 Å². The number of carbonyl (C=O) groups excluding carboxylic acids is 2. The first-order valence-electron chi connectivity index (χ1n) is 9.71. The van der Waals surface area contributed by atoms with E-state index in [9.17, 15) is 9.59 Å². The van der Waals surface area contributed by atoms with Gasteiger partial charge in [-0.1, -0.05) is 83.3 Å². The smallest absolute Gasteiger partial charge is 0.234 e. The van der Waals surface area contributed by atoms with E-state index >= 15 is 0 Å². The molecule has 1 unspecified atom stereocenters. The Labute approximate surface area is 142 Å². The summed E-state index contributed by atoms with van der Waals surface area (Å²) in [6.45, 7) is 4.38. The Morgan fingerprint density at radius 1 is 0.957 bits per heavy atom. The highest BCUT2D eigenvalue weighted by Gasteiger charge is 2.32. The molecule has 0 aromatic heterocycles. The lowest BCUT2D eigenvalue weighted by molar-refractivity contribution is -0.125. The normalized spacial score (nSPS) is 18.5. The molecule has 23 heavy (non-hydrogen) atoms. The first kappa shape index (κ1) is 19.9. The Hall–Kier alpha value is -1.12. The van der Waals surface area contributed by atoms with E-state index in [1.54, 1.807) is 0 Å². The summed E-state index contributed by atoms with van der Waals surface area (Å²) in [7, 11) is 0. The molecule has 2 amide bonds. The van der Waals surface area contributed by atoms with Gasteiger partial charge in [-0.25, -0.2) is 0 Å². The highest BCUT2D eigenvalue weighted by molar-refractivity contribution is 6.04. The van der Waals surface area contributed by atoms with Crippen molar-refractivity contribution in [2.24, 2.45) is 5.92 Å². The lowest BCUT2D eigenvalue weighted by atomic mass is 9.92. The van der Waals surface area contributed by atoms with Crippen molar-refractivity contribution in [2.75, 3.05) is 0 Å². The number of allylic oxidation sites excluding steroid dienone is 1. The third-order valence-corrected chi connectivity index (χ3v) is 4.67. The number of amides is 2. The molecule has 0 aromatic rings. The maximum Gasteiger partial charge on any atom is 0.234 e. The maximum atomic E-state index is 11.8. The van der Waals surface area contributed by atoms with Gasteiger partial charge in [0.15, 0.2) is 0 Å². The third kappa shape index (κ3) is 8.34. The van der Waals surface area contributed by atoms with E-state index in [0.717, 1.165) is 19.3 Å². The Kier molecular flexibility index (Phi) is 10.7. The van der Waals surface area contributed by atoms with Crippen LogP contribution in [0.4, 0.5) is 0 Å². The van der Waals surface area contributed by atoms with Crippen molar-refractivity contribution in [1.29, 1.82) is 0 Å². The molecule has 0 aromatic carbocycles. The zero-order valence-corrected chi connectivity index (χ0v) is 15.2. The van der Waals surface area contributed by atoms with Crippen LogP contribution in [-0.4, -0.2) is 11.8 Å². The van der Waals surface area contributed by atoms with E-state index in [4.69, 9.17) is 0 Å².